The third-order valence-electron chi connectivity index (χ3n) is 9.51. The first-order valence-electron chi connectivity index (χ1n) is 17.7. The number of carboxylic acid groups (broad SMARTS) is 2. The summed E-state index contributed by atoms with van der Waals surface area (Å²) in [4.78, 5) is 47.2. The Morgan fingerprint density at radius 3 is 1.33 bits per heavy atom. The van der Waals surface area contributed by atoms with E-state index in [9.17, 15) is 29.4 Å². The van der Waals surface area contributed by atoms with Gasteiger partial charge in [0.1, 0.15) is 11.1 Å². The number of pyridine rings is 2. The fourth-order valence-electron chi connectivity index (χ4n) is 6.83. The summed E-state index contributed by atoms with van der Waals surface area (Å²) in [7, 11) is 3.16. The molecule has 0 saturated carbocycles. The normalized spacial score (nSPS) is 15.1. The van der Waals surface area contributed by atoms with Crippen LogP contribution in [-0.4, -0.2) is 58.7 Å². The van der Waals surface area contributed by atoms with Crippen LogP contribution in [0, 0.1) is 0 Å². The number of carboxylic acids is 2. The van der Waals surface area contributed by atoms with E-state index in [0.717, 1.165) is 60.8 Å². The van der Waals surface area contributed by atoms with Crippen LogP contribution in [-0.2, 0) is 12.8 Å². The molecule has 2 N–H and O–H groups in total. The van der Waals surface area contributed by atoms with Gasteiger partial charge in [-0.15, -0.1) is 0 Å². The highest BCUT2D eigenvalue weighted by Crippen LogP contribution is 2.43. The first-order chi connectivity index (χ1) is 25.0. The molecule has 2 aromatic carbocycles. The summed E-state index contributed by atoms with van der Waals surface area (Å²) < 4.78 is 26.3. The summed E-state index contributed by atoms with van der Waals surface area (Å²) in [6.07, 6.45) is 7.86. The van der Waals surface area contributed by atoms with Crippen LogP contribution in [0.15, 0.2) is 58.4 Å². The number of carbonyl (C=O) groups is 2. The monoisotopic (exact) mass is 714 g/mol. The van der Waals surface area contributed by atoms with Gasteiger partial charge in [0.2, 0.25) is 0 Å². The number of aromatic carboxylic acids is 2. The van der Waals surface area contributed by atoms with Crippen LogP contribution in [0.1, 0.15) is 97.3 Å². The number of aromatic nitrogens is 2. The smallest absolute Gasteiger partial charge is 0.341 e. The first kappa shape index (κ1) is 37.7. The number of rotatable bonds is 12. The molecule has 12 heteroatoms. The first-order valence-corrected chi connectivity index (χ1v) is 17.7. The van der Waals surface area contributed by atoms with Gasteiger partial charge < -0.3 is 38.3 Å². The quantitative estimate of drug-likeness (QED) is 0.156. The van der Waals surface area contributed by atoms with Crippen LogP contribution in [0.4, 0.5) is 0 Å². The van der Waals surface area contributed by atoms with Crippen molar-refractivity contribution in [2.75, 3.05) is 27.4 Å². The molecule has 2 aliphatic heterocycles. The van der Waals surface area contributed by atoms with Crippen molar-refractivity contribution in [1.82, 2.24) is 9.13 Å². The number of ether oxygens (including phenoxy) is 4. The molecule has 12 nitrogen and oxygen atoms in total. The van der Waals surface area contributed by atoms with Crippen molar-refractivity contribution in [3.8, 4) is 45.5 Å². The van der Waals surface area contributed by atoms with Crippen molar-refractivity contribution in [2.45, 2.75) is 78.3 Å². The van der Waals surface area contributed by atoms with E-state index >= 15 is 0 Å². The molecule has 0 aliphatic carbocycles. The molecule has 4 heterocycles. The van der Waals surface area contributed by atoms with Crippen LogP contribution >= 0.6 is 0 Å². The third-order valence-corrected chi connectivity index (χ3v) is 9.51. The van der Waals surface area contributed by atoms with E-state index in [0.29, 0.717) is 47.6 Å². The highest BCUT2D eigenvalue weighted by atomic mass is 16.5. The van der Waals surface area contributed by atoms with Gasteiger partial charge in [0.05, 0.1) is 38.8 Å². The fourth-order valence-corrected chi connectivity index (χ4v) is 6.83. The van der Waals surface area contributed by atoms with Gasteiger partial charge in [0, 0.05) is 47.7 Å². The molecule has 0 spiro atoms. The largest absolute Gasteiger partial charge is 0.493 e. The highest BCUT2D eigenvalue weighted by Gasteiger charge is 2.28. The fraction of sp³-hybridized carbons (Fsp3) is 0.400. The Hall–Kier alpha value is -5.52. The molecule has 6 rings (SSSR count). The Kier molecular flexibility index (Phi) is 11.8. The molecule has 0 unspecified atom stereocenters. The summed E-state index contributed by atoms with van der Waals surface area (Å²) >= 11 is 0. The van der Waals surface area contributed by atoms with Crippen LogP contribution < -0.4 is 29.8 Å². The molecule has 0 amide bonds. The molecule has 0 fully saturated rings. The zero-order valence-electron chi connectivity index (χ0n) is 30.5. The summed E-state index contributed by atoms with van der Waals surface area (Å²) in [5, 5.41) is 18.5. The standard InChI is InChI=1S/2C20H23NO5/c2*1-4-6-26-19-8-12-7-13(5-2)21-11-15(20(23)24)17(22)10-16(21)14(12)9-18(19)25-3/h2*8-11,13H,4-7H2,1-3H3,(H,23,24)/t2*13-/m10/s1. The molecule has 2 atom stereocenters. The van der Waals surface area contributed by atoms with Crippen molar-refractivity contribution in [2.24, 2.45) is 0 Å². The van der Waals surface area contributed by atoms with Crippen molar-refractivity contribution < 1.29 is 38.7 Å². The number of hydrogen-bond acceptors (Lipinski definition) is 8. The lowest BCUT2D eigenvalue weighted by molar-refractivity contribution is 0.0683. The van der Waals surface area contributed by atoms with E-state index in [1.54, 1.807) is 14.2 Å². The Bertz CT molecular complexity index is 1950. The minimum Gasteiger partial charge on any atom is -0.493 e. The molecule has 52 heavy (non-hydrogen) atoms. The van der Waals surface area contributed by atoms with E-state index < -0.39 is 22.8 Å². The van der Waals surface area contributed by atoms with E-state index in [1.807, 2.05) is 47.2 Å². The van der Waals surface area contributed by atoms with Crippen molar-refractivity contribution in [3.05, 3.63) is 91.5 Å². The minimum atomic E-state index is -1.20. The van der Waals surface area contributed by atoms with Gasteiger partial charge in [0.25, 0.3) is 0 Å². The number of benzene rings is 2. The second-order valence-corrected chi connectivity index (χ2v) is 12.8. The molecule has 0 bridgehead atoms. The summed E-state index contributed by atoms with van der Waals surface area (Å²) in [6, 6.07) is 10.7. The van der Waals surface area contributed by atoms with Crippen molar-refractivity contribution in [3.63, 3.8) is 0 Å². The lowest BCUT2D eigenvalue weighted by Gasteiger charge is -2.31. The molecule has 2 aromatic heterocycles. The highest BCUT2D eigenvalue weighted by molar-refractivity contribution is 5.88. The second-order valence-electron chi connectivity index (χ2n) is 12.8. The minimum absolute atomic E-state index is 0.0867. The predicted molar refractivity (Wildman–Crippen MR) is 197 cm³/mol. The Morgan fingerprint density at radius 1 is 0.635 bits per heavy atom. The van der Waals surface area contributed by atoms with Gasteiger partial charge in [-0.25, -0.2) is 9.59 Å². The molecule has 0 radical (unpaired) electrons. The molecule has 2 aliphatic rings. The molecular weight excluding hydrogens is 668 g/mol. The molecule has 4 aromatic rings. The second kappa shape index (κ2) is 16.2. The van der Waals surface area contributed by atoms with Crippen LogP contribution in [0.5, 0.6) is 23.0 Å². The SMILES string of the molecule is CCCOc1cc2c(cc1OC)-c1cc(=O)c(C(=O)O)cn1[C@@H](CC)C2.CCCOc1cc2c(cc1OC)-c1cc(=O)c(C(=O)O)cn1[C@H](CC)C2. The third kappa shape index (κ3) is 7.42. The number of fused-ring (bicyclic) bond motifs is 6. The average molecular weight is 715 g/mol. The topological polar surface area (TPSA) is 156 Å². The maximum absolute atomic E-state index is 12.3. The Morgan fingerprint density at radius 2 is 1.02 bits per heavy atom. The Labute approximate surface area is 302 Å². The van der Waals surface area contributed by atoms with Crippen LogP contribution in [0.3, 0.4) is 0 Å². The van der Waals surface area contributed by atoms with Gasteiger partial charge in [-0.2, -0.15) is 0 Å². The van der Waals surface area contributed by atoms with Gasteiger partial charge in [-0.3, -0.25) is 9.59 Å². The summed E-state index contributed by atoms with van der Waals surface area (Å²) in [5.74, 6) is 0.197. The van der Waals surface area contributed by atoms with E-state index in [2.05, 4.69) is 13.8 Å². The molecule has 0 saturated heterocycles. The van der Waals surface area contributed by atoms with E-state index in [1.165, 1.54) is 24.5 Å². The maximum Gasteiger partial charge on any atom is 0.341 e. The summed E-state index contributed by atoms with van der Waals surface area (Å²) in [5.41, 5.74) is 3.96. The van der Waals surface area contributed by atoms with Gasteiger partial charge >= 0.3 is 11.9 Å². The van der Waals surface area contributed by atoms with Crippen LogP contribution in [0.25, 0.3) is 22.5 Å². The lowest BCUT2D eigenvalue weighted by Crippen LogP contribution is -2.25. The number of hydrogen-bond donors (Lipinski definition) is 2. The number of nitrogens with zero attached hydrogens (tertiary/aromatic N) is 2. The van der Waals surface area contributed by atoms with Crippen molar-refractivity contribution in [1.29, 1.82) is 0 Å². The van der Waals surface area contributed by atoms with Gasteiger partial charge in [-0.1, -0.05) is 27.7 Å². The maximum atomic E-state index is 12.3. The van der Waals surface area contributed by atoms with Crippen molar-refractivity contribution >= 4 is 11.9 Å². The predicted octanol–water partition coefficient (Wildman–Crippen LogP) is 7.04. The zero-order chi connectivity index (χ0) is 37.7. The Balaban J connectivity index is 0.000000201. The average Bonchev–Trinajstić information content (AvgIpc) is 3.14. The lowest BCUT2D eigenvalue weighted by atomic mass is 9.90. The van der Waals surface area contributed by atoms with Crippen LogP contribution in [0.2, 0.25) is 0 Å². The summed E-state index contributed by atoms with van der Waals surface area (Å²) in [6.45, 7) is 9.39. The van der Waals surface area contributed by atoms with E-state index in [-0.39, 0.29) is 23.2 Å². The van der Waals surface area contributed by atoms with E-state index in [4.69, 9.17) is 18.9 Å². The molecular formula is C40H46N2O10. The van der Waals surface area contributed by atoms with Gasteiger partial charge in [0.15, 0.2) is 33.9 Å². The molecule has 276 valence electrons. The van der Waals surface area contributed by atoms with Gasteiger partial charge in [-0.05, 0) is 73.9 Å². The number of methoxy groups -OCH3 is 2. The zero-order valence-corrected chi connectivity index (χ0v) is 30.5.